The van der Waals surface area contributed by atoms with Crippen LogP contribution in [0.15, 0.2) is 18.3 Å². The molecule has 0 radical (unpaired) electrons. The molecule has 0 saturated carbocycles. The molecular weight excluding hydrogens is 366 g/mol. The lowest BCUT2D eigenvalue weighted by Crippen LogP contribution is -2.62. The van der Waals surface area contributed by atoms with Crippen molar-refractivity contribution in [3.63, 3.8) is 0 Å². The Morgan fingerprint density at radius 3 is 2.32 bits per heavy atom. The first-order valence-corrected chi connectivity index (χ1v) is 10.3. The predicted octanol–water partition coefficient (Wildman–Crippen LogP) is 0.841. The van der Waals surface area contributed by atoms with Gasteiger partial charge in [-0.15, -0.1) is 0 Å². The Kier molecular flexibility index (Phi) is 4.76. The van der Waals surface area contributed by atoms with E-state index < -0.39 is 21.9 Å². The Bertz CT molecular complexity index is 794. The van der Waals surface area contributed by atoms with E-state index in [2.05, 4.69) is 4.98 Å². The van der Waals surface area contributed by atoms with Crippen LogP contribution in [0, 0.1) is 5.92 Å². The minimum atomic E-state index is -3.31. The zero-order valence-corrected chi connectivity index (χ0v) is 15.6. The molecule has 2 aliphatic heterocycles. The third-order valence-electron chi connectivity index (χ3n) is 4.66. The molecule has 0 spiro atoms. The largest absolute Gasteiger partial charge is 0.335 e. The summed E-state index contributed by atoms with van der Waals surface area (Å²) in [5, 5.41) is 0.422. The van der Waals surface area contributed by atoms with Crippen LogP contribution >= 0.6 is 11.6 Å². The molecule has 0 bridgehead atoms. The van der Waals surface area contributed by atoms with Crippen LogP contribution in [0.3, 0.4) is 0 Å². The lowest BCUT2D eigenvalue weighted by atomic mass is 10.0. The van der Waals surface area contributed by atoms with E-state index in [4.69, 9.17) is 11.6 Å². The van der Waals surface area contributed by atoms with Gasteiger partial charge in [-0.2, -0.15) is 0 Å². The fraction of sp³-hybridized carbons (Fsp3) is 0.562. The molecule has 2 amide bonds. The predicted molar refractivity (Wildman–Crippen MR) is 93.1 cm³/mol. The molecule has 0 aliphatic carbocycles. The van der Waals surface area contributed by atoms with Gasteiger partial charge in [-0.25, -0.2) is 13.4 Å². The second-order valence-corrected chi connectivity index (χ2v) is 9.35. The van der Waals surface area contributed by atoms with Crippen LogP contribution in [0.4, 0.5) is 0 Å². The van der Waals surface area contributed by atoms with E-state index in [0.717, 1.165) is 0 Å². The fourth-order valence-electron chi connectivity index (χ4n) is 3.46. The number of nitrogens with zero attached hydrogens (tertiary/aromatic N) is 3. The highest BCUT2D eigenvalue weighted by molar-refractivity contribution is 7.91. The molecule has 2 atom stereocenters. The van der Waals surface area contributed by atoms with Gasteiger partial charge in [-0.3, -0.25) is 9.59 Å². The molecule has 0 N–H and O–H groups in total. The van der Waals surface area contributed by atoms with Crippen molar-refractivity contribution in [2.24, 2.45) is 5.92 Å². The lowest BCUT2D eigenvalue weighted by molar-refractivity contribution is -0.139. The number of amides is 2. The van der Waals surface area contributed by atoms with Crippen molar-refractivity contribution >= 4 is 33.3 Å². The summed E-state index contributed by atoms with van der Waals surface area (Å²) in [5.41, 5.74) is 0.219. The fourth-order valence-corrected chi connectivity index (χ4v) is 5.55. The van der Waals surface area contributed by atoms with Crippen molar-refractivity contribution < 1.29 is 18.0 Å². The zero-order chi connectivity index (χ0) is 18.4. The molecule has 2 fully saturated rings. The summed E-state index contributed by atoms with van der Waals surface area (Å²) in [4.78, 5) is 32.4. The van der Waals surface area contributed by atoms with Gasteiger partial charge in [-0.05, 0) is 12.1 Å². The summed E-state index contributed by atoms with van der Waals surface area (Å²) in [7, 11) is -3.31. The summed E-state index contributed by atoms with van der Waals surface area (Å²) < 4.78 is 24.4. The summed E-state index contributed by atoms with van der Waals surface area (Å²) >= 11 is 5.80. The summed E-state index contributed by atoms with van der Waals surface area (Å²) in [6.45, 7) is 4.19. The zero-order valence-electron chi connectivity index (χ0n) is 14.1. The quantitative estimate of drug-likeness (QED) is 0.752. The smallest absolute Gasteiger partial charge is 0.272 e. The molecule has 0 aromatic carbocycles. The third-order valence-corrected chi connectivity index (χ3v) is 6.58. The molecular formula is C16H20ClN3O4S. The minimum absolute atomic E-state index is 0.0798. The first-order chi connectivity index (χ1) is 11.7. The van der Waals surface area contributed by atoms with Crippen LogP contribution in [-0.2, 0) is 14.6 Å². The van der Waals surface area contributed by atoms with Gasteiger partial charge in [0.25, 0.3) is 5.91 Å². The second kappa shape index (κ2) is 6.57. The number of rotatable bonds is 2. The molecule has 1 aromatic heterocycles. The van der Waals surface area contributed by atoms with Gasteiger partial charge in [-0.1, -0.05) is 25.4 Å². The Hall–Kier alpha value is -1.67. The van der Waals surface area contributed by atoms with Gasteiger partial charge >= 0.3 is 0 Å². The molecule has 0 unspecified atom stereocenters. The topological polar surface area (TPSA) is 87.7 Å². The van der Waals surface area contributed by atoms with Crippen LogP contribution in [0.1, 0.15) is 24.3 Å². The third kappa shape index (κ3) is 3.50. The molecule has 1 aromatic rings. The summed E-state index contributed by atoms with van der Waals surface area (Å²) in [6.07, 6.45) is 1.39. The number of halogens is 1. The van der Waals surface area contributed by atoms with Gasteiger partial charge in [0.15, 0.2) is 9.84 Å². The van der Waals surface area contributed by atoms with Gasteiger partial charge in [0.1, 0.15) is 5.69 Å². The normalized spacial score (nSPS) is 25.1. The van der Waals surface area contributed by atoms with Crippen LogP contribution in [0.25, 0.3) is 0 Å². The van der Waals surface area contributed by atoms with Gasteiger partial charge in [0.2, 0.25) is 5.91 Å². The van der Waals surface area contributed by atoms with Crippen molar-refractivity contribution in [1.82, 2.24) is 14.8 Å². The first kappa shape index (κ1) is 18.1. The Balaban J connectivity index is 1.89. The number of sulfone groups is 1. The van der Waals surface area contributed by atoms with Gasteiger partial charge in [0, 0.05) is 25.2 Å². The van der Waals surface area contributed by atoms with E-state index in [1.165, 1.54) is 17.2 Å². The Morgan fingerprint density at radius 2 is 1.76 bits per heavy atom. The van der Waals surface area contributed by atoms with Gasteiger partial charge in [0.05, 0.1) is 28.6 Å². The van der Waals surface area contributed by atoms with Crippen molar-refractivity contribution in [2.75, 3.05) is 24.6 Å². The highest BCUT2D eigenvalue weighted by Gasteiger charge is 2.49. The number of fused-ring (bicyclic) bond motifs is 1. The Morgan fingerprint density at radius 1 is 1.16 bits per heavy atom. The maximum atomic E-state index is 12.8. The van der Waals surface area contributed by atoms with Crippen LogP contribution in [0.2, 0.25) is 5.02 Å². The SMILES string of the molecule is CC(C)C(=O)N1CCN(C(=O)c2ccc(Cl)cn2)[C@@H]2CS(=O)(=O)C[C@@H]21. The number of hydrogen-bond acceptors (Lipinski definition) is 5. The first-order valence-electron chi connectivity index (χ1n) is 8.13. The average Bonchev–Trinajstić information content (AvgIpc) is 2.88. The maximum absolute atomic E-state index is 12.8. The minimum Gasteiger partial charge on any atom is -0.335 e. The van der Waals surface area contributed by atoms with E-state index in [1.54, 1.807) is 24.8 Å². The van der Waals surface area contributed by atoms with E-state index in [9.17, 15) is 18.0 Å². The van der Waals surface area contributed by atoms with E-state index in [1.807, 2.05) is 0 Å². The van der Waals surface area contributed by atoms with Crippen molar-refractivity contribution in [2.45, 2.75) is 25.9 Å². The van der Waals surface area contributed by atoms with Gasteiger partial charge < -0.3 is 9.80 Å². The molecule has 9 heteroatoms. The molecule has 7 nitrogen and oxygen atoms in total. The monoisotopic (exact) mass is 385 g/mol. The highest BCUT2D eigenvalue weighted by atomic mass is 35.5. The van der Waals surface area contributed by atoms with Crippen molar-refractivity contribution in [3.05, 3.63) is 29.0 Å². The number of pyridine rings is 1. The van der Waals surface area contributed by atoms with E-state index >= 15 is 0 Å². The molecule has 25 heavy (non-hydrogen) atoms. The van der Waals surface area contributed by atoms with Crippen LogP contribution < -0.4 is 0 Å². The number of carbonyl (C=O) groups excluding carboxylic acids is 2. The molecule has 3 rings (SSSR count). The average molecular weight is 386 g/mol. The summed E-state index contributed by atoms with van der Waals surface area (Å²) in [6, 6.07) is 2.06. The molecule has 3 heterocycles. The number of aromatic nitrogens is 1. The standard InChI is InChI=1S/C16H20ClN3O4S/c1-10(2)15(21)19-5-6-20(14-9-25(23,24)8-13(14)19)16(22)12-4-3-11(17)7-18-12/h3-4,7,10,13-14H,5-6,8-9H2,1-2H3/t13-,14+/m0/s1. The molecule has 2 saturated heterocycles. The van der Waals surface area contributed by atoms with E-state index in [-0.39, 0.29) is 41.5 Å². The number of hydrogen-bond donors (Lipinski definition) is 0. The lowest BCUT2D eigenvalue weighted by Gasteiger charge is -2.44. The molecule has 136 valence electrons. The van der Waals surface area contributed by atoms with Crippen LogP contribution in [-0.4, -0.2) is 71.7 Å². The van der Waals surface area contributed by atoms with Crippen molar-refractivity contribution in [1.29, 1.82) is 0 Å². The summed E-state index contributed by atoms with van der Waals surface area (Å²) in [5.74, 6) is -0.860. The highest BCUT2D eigenvalue weighted by Crippen LogP contribution is 2.29. The number of carbonyl (C=O) groups is 2. The second-order valence-electron chi connectivity index (χ2n) is 6.76. The van der Waals surface area contributed by atoms with Crippen molar-refractivity contribution in [3.8, 4) is 0 Å². The maximum Gasteiger partial charge on any atom is 0.272 e. The molecule has 2 aliphatic rings. The van der Waals surface area contributed by atoms with Crippen LogP contribution in [0.5, 0.6) is 0 Å². The Labute approximate surface area is 151 Å². The number of piperazine rings is 1. The van der Waals surface area contributed by atoms with E-state index in [0.29, 0.717) is 11.6 Å².